The van der Waals surface area contributed by atoms with Crippen molar-refractivity contribution in [2.75, 3.05) is 0 Å². The summed E-state index contributed by atoms with van der Waals surface area (Å²) in [6.07, 6.45) is -12.3. The van der Waals surface area contributed by atoms with Crippen LogP contribution in [0.2, 0.25) is 0 Å². The van der Waals surface area contributed by atoms with E-state index in [0.717, 1.165) is 0 Å². The van der Waals surface area contributed by atoms with Gasteiger partial charge < -0.3 is 10.2 Å². The Kier molecular flexibility index (Phi) is 3.29. The highest BCUT2D eigenvalue weighted by atomic mass is 19.4. The maximum Gasteiger partial charge on any atom is 0.427 e. The van der Waals surface area contributed by atoms with Crippen molar-refractivity contribution in [1.82, 2.24) is 0 Å². The average Bonchev–Trinajstić information content (AvgIpc) is 1.97. The fourth-order valence-electron chi connectivity index (χ4n) is 1.02. The van der Waals surface area contributed by atoms with Crippen LogP contribution in [0.3, 0.4) is 0 Å². The molecule has 0 radical (unpaired) electrons. The first-order chi connectivity index (χ1) is 6.69. The predicted octanol–water partition coefficient (Wildman–Crippen LogP) is 1.95. The van der Waals surface area contributed by atoms with Crippen molar-refractivity contribution in [2.45, 2.75) is 31.8 Å². The molecule has 9 heteroatoms. The summed E-state index contributed by atoms with van der Waals surface area (Å²) in [5.74, 6) is -2.41. The highest BCUT2D eigenvalue weighted by Gasteiger charge is 2.78. The van der Waals surface area contributed by atoms with E-state index in [1.165, 1.54) is 0 Å². The lowest BCUT2D eigenvalue weighted by Crippen LogP contribution is -2.67. The Morgan fingerprint density at radius 2 is 1.19 bits per heavy atom. The standard InChI is InChI=1S/C7H8F6O3/c1-4(2,3(14)15)5(16,6(8,9)10)7(11,12)13/h16H,1-2H3,(H,14,15). The quantitative estimate of drug-likeness (QED) is 0.740. The van der Waals surface area contributed by atoms with Crippen molar-refractivity contribution in [3.63, 3.8) is 0 Å². The molecule has 0 unspecified atom stereocenters. The van der Waals surface area contributed by atoms with E-state index < -0.39 is 29.3 Å². The first kappa shape index (κ1) is 15.0. The van der Waals surface area contributed by atoms with Gasteiger partial charge in [-0.15, -0.1) is 0 Å². The van der Waals surface area contributed by atoms with Crippen LogP contribution in [-0.2, 0) is 4.79 Å². The van der Waals surface area contributed by atoms with E-state index >= 15 is 0 Å². The molecule has 0 aromatic heterocycles. The molecule has 0 heterocycles. The zero-order valence-corrected chi connectivity index (χ0v) is 8.07. The SMILES string of the molecule is CC(C)(C(=O)O)C(O)(C(F)(F)F)C(F)(F)F. The van der Waals surface area contributed by atoms with Crippen LogP contribution in [0.1, 0.15) is 13.8 Å². The van der Waals surface area contributed by atoms with Gasteiger partial charge in [0, 0.05) is 0 Å². The molecular weight excluding hydrogens is 246 g/mol. The molecule has 0 saturated heterocycles. The number of carboxylic acid groups (broad SMARTS) is 1. The highest BCUT2D eigenvalue weighted by Crippen LogP contribution is 2.52. The average molecular weight is 254 g/mol. The number of aliphatic hydroxyl groups is 1. The molecule has 0 atom stereocenters. The van der Waals surface area contributed by atoms with Crippen LogP contribution < -0.4 is 0 Å². The molecule has 0 fully saturated rings. The Morgan fingerprint density at radius 3 is 1.25 bits per heavy atom. The summed E-state index contributed by atoms with van der Waals surface area (Å²) in [6, 6.07) is 0. The second-order valence-electron chi connectivity index (χ2n) is 3.64. The van der Waals surface area contributed by atoms with Gasteiger partial charge in [-0.3, -0.25) is 4.79 Å². The highest BCUT2D eigenvalue weighted by molar-refractivity contribution is 5.75. The van der Waals surface area contributed by atoms with Gasteiger partial charge >= 0.3 is 18.3 Å². The van der Waals surface area contributed by atoms with E-state index in [2.05, 4.69) is 0 Å². The second-order valence-corrected chi connectivity index (χ2v) is 3.64. The van der Waals surface area contributed by atoms with Gasteiger partial charge in [0.05, 0.1) is 0 Å². The smallest absolute Gasteiger partial charge is 0.427 e. The number of rotatable bonds is 2. The maximum atomic E-state index is 12.2. The number of halogens is 6. The number of aliphatic carboxylic acids is 1. The number of carboxylic acids is 1. The van der Waals surface area contributed by atoms with Gasteiger partial charge in [-0.2, -0.15) is 26.3 Å². The van der Waals surface area contributed by atoms with Crippen LogP contribution in [0.15, 0.2) is 0 Å². The summed E-state index contributed by atoms with van der Waals surface area (Å²) in [5, 5.41) is 17.1. The van der Waals surface area contributed by atoms with Crippen LogP contribution in [0.4, 0.5) is 26.3 Å². The van der Waals surface area contributed by atoms with Crippen LogP contribution in [-0.4, -0.2) is 34.1 Å². The number of hydrogen-bond donors (Lipinski definition) is 2. The van der Waals surface area contributed by atoms with Crippen molar-refractivity contribution in [2.24, 2.45) is 5.41 Å². The Balaban J connectivity index is 5.91. The zero-order valence-electron chi connectivity index (χ0n) is 8.07. The Bertz CT molecular complexity index is 275. The van der Waals surface area contributed by atoms with Crippen molar-refractivity contribution >= 4 is 5.97 Å². The summed E-state index contributed by atoms with van der Waals surface area (Å²) in [5.41, 5.74) is -8.76. The van der Waals surface area contributed by atoms with Gasteiger partial charge in [0.15, 0.2) is 0 Å². The second kappa shape index (κ2) is 3.51. The summed E-state index contributed by atoms with van der Waals surface area (Å²) >= 11 is 0. The minimum Gasteiger partial charge on any atom is -0.481 e. The first-order valence-electron chi connectivity index (χ1n) is 3.79. The first-order valence-corrected chi connectivity index (χ1v) is 3.79. The largest absolute Gasteiger partial charge is 0.481 e. The predicted molar refractivity (Wildman–Crippen MR) is 38.5 cm³/mol. The Labute approximate surface area is 85.7 Å². The molecule has 2 N–H and O–H groups in total. The molecule has 16 heavy (non-hydrogen) atoms. The maximum absolute atomic E-state index is 12.2. The normalized spacial score (nSPS) is 15.1. The molecule has 0 aliphatic carbocycles. The molecule has 96 valence electrons. The van der Waals surface area contributed by atoms with Gasteiger partial charge in [-0.1, -0.05) is 0 Å². The van der Waals surface area contributed by atoms with E-state index in [1.54, 1.807) is 0 Å². The number of carbonyl (C=O) groups is 1. The third kappa shape index (κ3) is 1.83. The molecule has 0 saturated carbocycles. The zero-order chi connectivity index (χ0) is 13.6. The fourth-order valence-corrected chi connectivity index (χ4v) is 1.02. The molecule has 0 amide bonds. The topological polar surface area (TPSA) is 57.5 Å². The van der Waals surface area contributed by atoms with Crippen molar-refractivity contribution in [3.8, 4) is 0 Å². The number of alkyl halides is 6. The monoisotopic (exact) mass is 254 g/mol. The molecule has 0 spiro atoms. The molecule has 0 rings (SSSR count). The van der Waals surface area contributed by atoms with E-state index in [4.69, 9.17) is 10.2 Å². The molecule has 0 bridgehead atoms. The van der Waals surface area contributed by atoms with Crippen LogP contribution in [0.5, 0.6) is 0 Å². The van der Waals surface area contributed by atoms with Crippen LogP contribution in [0, 0.1) is 5.41 Å². The van der Waals surface area contributed by atoms with E-state index in [1.807, 2.05) is 0 Å². The summed E-state index contributed by atoms with van der Waals surface area (Å²) < 4.78 is 73.3. The van der Waals surface area contributed by atoms with Crippen LogP contribution >= 0.6 is 0 Å². The lowest BCUT2D eigenvalue weighted by Gasteiger charge is -2.41. The minimum atomic E-state index is -6.15. The molecule has 0 aliphatic heterocycles. The van der Waals surface area contributed by atoms with Crippen molar-refractivity contribution in [3.05, 3.63) is 0 Å². The summed E-state index contributed by atoms with van der Waals surface area (Å²) in [6.45, 7) is 0.298. The van der Waals surface area contributed by atoms with E-state index in [9.17, 15) is 31.1 Å². The van der Waals surface area contributed by atoms with Gasteiger partial charge in [0.25, 0.3) is 5.60 Å². The summed E-state index contributed by atoms with van der Waals surface area (Å²) in [7, 11) is 0. The third-order valence-corrected chi connectivity index (χ3v) is 2.26. The fraction of sp³-hybridized carbons (Fsp3) is 0.857. The van der Waals surface area contributed by atoms with E-state index in [-0.39, 0.29) is 13.8 Å². The molecule has 0 aromatic carbocycles. The lowest BCUT2D eigenvalue weighted by atomic mass is 9.73. The third-order valence-electron chi connectivity index (χ3n) is 2.26. The minimum absolute atomic E-state index is 0.149. The molecule has 0 aromatic rings. The van der Waals surface area contributed by atoms with Gasteiger partial charge in [0.1, 0.15) is 5.41 Å². The van der Waals surface area contributed by atoms with Gasteiger partial charge in [-0.25, -0.2) is 0 Å². The lowest BCUT2D eigenvalue weighted by molar-refractivity contribution is -0.395. The van der Waals surface area contributed by atoms with Crippen molar-refractivity contribution < 1.29 is 41.4 Å². The molecule has 0 aliphatic rings. The molecular formula is C7H8F6O3. The molecule has 3 nitrogen and oxygen atoms in total. The number of hydrogen-bond acceptors (Lipinski definition) is 2. The van der Waals surface area contributed by atoms with Gasteiger partial charge in [0.2, 0.25) is 0 Å². The van der Waals surface area contributed by atoms with Crippen molar-refractivity contribution in [1.29, 1.82) is 0 Å². The van der Waals surface area contributed by atoms with Gasteiger partial charge in [-0.05, 0) is 13.8 Å². The summed E-state index contributed by atoms with van der Waals surface area (Å²) in [4.78, 5) is 10.4. The van der Waals surface area contributed by atoms with E-state index in [0.29, 0.717) is 0 Å². The Hall–Kier alpha value is -0.990. The van der Waals surface area contributed by atoms with Crippen LogP contribution in [0.25, 0.3) is 0 Å². The Morgan fingerprint density at radius 1 is 0.938 bits per heavy atom.